The molecule has 0 bridgehead atoms. The third-order valence-corrected chi connectivity index (χ3v) is 0.250. The Kier molecular flexibility index (Phi) is 71.1. The molecule has 18 N–H and O–H groups in total. The van der Waals surface area contributed by atoms with Crippen LogP contribution in [0.3, 0.4) is 0 Å². The predicted molar refractivity (Wildman–Crippen MR) is 55.9 cm³/mol. The molecule has 0 rings (SSSR count). The Morgan fingerprint density at radius 1 is 0.632 bits per heavy atom. The molecule has 0 aromatic carbocycles. The molecule has 0 radical (unpaired) electrons. The van der Waals surface area contributed by atoms with Gasteiger partial charge in [-0.1, -0.05) is 0 Å². The van der Waals surface area contributed by atoms with Crippen molar-refractivity contribution in [2.24, 2.45) is 0 Å². The van der Waals surface area contributed by atoms with Crippen molar-refractivity contribution in [2.45, 2.75) is 0 Å². The van der Waals surface area contributed by atoms with Crippen LogP contribution in [0.2, 0.25) is 0 Å². The van der Waals surface area contributed by atoms with E-state index in [1.807, 2.05) is 0 Å². The van der Waals surface area contributed by atoms with Crippen molar-refractivity contribution in [3.05, 3.63) is 0 Å². The quantitative estimate of drug-likeness (QED) is 0.188. The summed E-state index contributed by atoms with van der Waals surface area (Å²) in [4.78, 5) is 0. The van der Waals surface area contributed by atoms with Gasteiger partial charge in [0.15, 0.2) is 0 Å². The van der Waals surface area contributed by atoms with Gasteiger partial charge in [0.2, 0.25) is 0 Å². The smallest absolute Gasteiger partial charge is 0.759 e. The second kappa shape index (κ2) is 26.6. The molecule has 128 valence electrons. The first-order chi connectivity index (χ1) is 5.91. The molecule has 0 aromatic heterocycles. The average Bonchev–Trinajstić information content (AvgIpc) is 1.79. The monoisotopic (exact) mass is 386 g/mol. The van der Waals surface area contributed by atoms with Crippen LogP contribution in [0.4, 0.5) is 0 Å². The Bertz CT molecular complexity index is 252. The van der Waals surface area contributed by atoms with Crippen LogP contribution in [0.1, 0.15) is 0 Å². The van der Waals surface area contributed by atoms with Crippen molar-refractivity contribution in [2.75, 3.05) is 13.1 Å². The summed E-state index contributed by atoms with van der Waals surface area (Å²) in [5, 5.41) is 0. The second-order valence-corrected chi connectivity index (χ2v) is 3.16. The van der Waals surface area contributed by atoms with Gasteiger partial charge in [-0.15, -0.1) is 0 Å². The van der Waals surface area contributed by atoms with Crippen LogP contribution in [0.25, 0.3) is 0 Å². The van der Waals surface area contributed by atoms with Gasteiger partial charge in [-0.2, -0.15) is 0 Å². The molecule has 17 heteroatoms. The SMILES string of the molecule is O=S(=O)([O-])[O-].O=S(=O)([O-])[O-].[Fe+2].[NH3+]CC[NH3+].[OH3+].[OH3+].[OH3+].[OH3+]. The Morgan fingerprint density at radius 2 is 0.684 bits per heavy atom. The van der Waals surface area contributed by atoms with Crippen LogP contribution in [-0.4, -0.2) is 48.1 Å². The molecular weight excluding hydrogens is 364 g/mol. The standard InChI is InChI=1S/C2H8N2.Fe.2H2O4S.4H2O/c3-1-2-4;;2*1-5(2,3)4;;;;/h1-4H2;;2*(H2,1,2,3,4);4*1H2/q;+2;;;;;;/p+2. The first-order valence-electron chi connectivity index (χ1n) is 2.83. The first-order valence-corrected chi connectivity index (χ1v) is 5.50. The number of hydrogen-bond acceptors (Lipinski definition) is 8. The number of rotatable bonds is 1. The fourth-order valence-electron chi connectivity index (χ4n) is 0. The molecule has 14 nitrogen and oxygen atoms in total. The molecule has 0 saturated heterocycles. The summed E-state index contributed by atoms with van der Waals surface area (Å²) in [6.07, 6.45) is 0. The van der Waals surface area contributed by atoms with Crippen LogP contribution in [-0.2, 0) is 59.8 Å². The van der Waals surface area contributed by atoms with Gasteiger partial charge >= 0.3 is 17.1 Å². The molecule has 0 unspecified atom stereocenters. The topological polar surface area (TPSA) is 348 Å². The first kappa shape index (κ1) is 50.9. The molecule has 0 aromatic rings. The minimum Gasteiger partial charge on any atom is -0.759 e. The molecule has 0 aliphatic rings. The van der Waals surface area contributed by atoms with E-state index in [1.165, 1.54) is 0 Å². The van der Waals surface area contributed by atoms with Crippen molar-refractivity contribution < 1.29 is 85.5 Å². The molecule has 0 spiro atoms. The van der Waals surface area contributed by atoms with E-state index in [-0.39, 0.29) is 39.0 Å². The van der Waals surface area contributed by atoms with Gasteiger partial charge in [-0.3, -0.25) is 16.8 Å². The molecular formula is C2H22FeN2O12S2+4. The maximum atomic E-state index is 8.52. The summed E-state index contributed by atoms with van der Waals surface area (Å²) in [6.45, 7) is 1.92. The zero-order valence-electron chi connectivity index (χ0n) is 9.57. The molecule has 0 fully saturated rings. The second-order valence-electron chi connectivity index (χ2n) is 1.52. The van der Waals surface area contributed by atoms with Gasteiger partial charge in [-0.25, -0.2) is 0 Å². The Hall–Kier alpha value is 0.0195. The normalized spacial score (nSPS) is 7.68. The third-order valence-electron chi connectivity index (χ3n) is 0.250. The van der Waals surface area contributed by atoms with E-state index >= 15 is 0 Å². The van der Waals surface area contributed by atoms with E-state index < -0.39 is 20.8 Å². The van der Waals surface area contributed by atoms with E-state index in [4.69, 9.17) is 35.0 Å². The van der Waals surface area contributed by atoms with Crippen molar-refractivity contribution >= 4 is 20.8 Å². The molecule has 0 heterocycles. The maximum Gasteiger partial charge on any atom is 2.00 e. The van der Waals surface area contributed by atoms with Crippen molar-refractivity contribution in [3.63, 3.8) is 0 Å². The molecule has 0 aliphatic carbocycles. The van der Waals surface area contributed by atoms with Crippen molar-refractivity contribution in [1.82, 2.24) is 0 Å². The van der Waals surface area contributed by atoms with Crippen LogP contribution in [0, 0.1) is 0 Å². The van der Waals surface area contributed by atoms with E-state index in [0.717, 1.165) is 13.1 Å². The minimum absolute atomic E-state index is 0. The van der Waals surface area contributed by atoms with Crippen molar-refractivity contribution in [1.29, 1.82) is 0 Å². The van der Waals surface area contributed by atoms with Gasteiger partial charge in [0.25, 0.3) is 0 Å². The number of hydrogen-bond donors (Lipinski definition) is 2. The van der Waals surface area contributed by atoms with Gasteiger partial charge in [-0.05, 0) is 0 Å². The largest absolute Gasteiger partial charge is 2.00 e. The maximum absolute atomic E-state index is 8.52. The van der Waals surface area contributed by atoms with Crippen LogP contribution in [0.5, 0.6) is 0 Å². The van der Waals surface area contributed by atoms with Crippen molar-refractivity contribution in [3.8, 4) is 0 Å². The summed E-state index contributed by atoms with van der Waals surface area (Å²) >= 11 is 0. The predicted octanol–water partition coefficient (Wildman–Crippen LogP) is -8.90. The Morgan fingerprint density at radius 3 is 0.684 bits per heavy atom. The summed E-state index contributed by atoms with van der Waals surface area (Å²) < 4.78 is 68.2. The molecule has 0 aliphatic heterocycles. The van der Waals surface area contributed by atoms with E-state index in [2.05, 4.69) is 11.5 Å². The minimum atomic E-state index is -5.17. The van der Waals surface area contributed by atoms with Crippen LogP contribution >= 0.6 is 0 Å². The molecule has 19 heavy (non-hydrogen) atoms. The summed E-state index contributed by atoms with van der Waals surface area (Å²) in [5.41, 5.74) is 7.08. The van der Waals surface area contributed by atoms with Gasteiger partial charge in [0.05, 0.1) is 0 Å². The summed E-state index contributed by atoms with van der Waals surface area (Å²) in [6, 6.07) is 0. The zero-order chi connectivity index (χ0) is 12.4. The summed E-state index contributed by atoms with van der Waals surface area (Å²) in [5.74, 6) is 0. The Balaban J connectivity index is -0.0000000141. The van der Waals surface area contributed by atoms with E-state index in [9.17, 15) is 0 Å². The van der Waals surface area contributed by atoms with E-state index in [0.29, 0.717) is 0 Å². The Labute approximate surface area is 120 Å². The summed E-state index contributed by atoms with van der Waals surface area (Å²) in [7, 11) is -10.3. The fraction of sp³-hybridized carbons (Fsp3) is 1.00. The molecule has 0 atom stereocenters. The van der Waals surface area contributed by atoms with Crippen LogP contribution in [0.15, 0.2) is 0 Å². The molecule has 0 amide bonds. The van der Waals surface area contributed by atoms with Gasteiger partial charge in [0.1, 0.15) is 13.1 Å². The van der Waals surface area contributed by atoms with Gasteiger partial charge < -0.3 is 51.6 Å². The van der Waals surface area contributed by atoms with Crippen LogP contribution < -0.4 is 11.5 Å². The fourth-order valence-corrected chi connectivity index (χ4v) is 0. The zero-order valence-corrected chi connectivity index (χ0v) is 12.3. The van der Waals surface area contributed by atoms with E-state index in [1.54, 1.807) is 0 Å². The number of quaternary nitrogens is 2. The third kappa shape index (κ3) is 4450. The molecule has 0 saturated carbocycles. The van der Waals surface area contributed by atoms with Gasteiger partial charge in [0, 0.05) is 20.8 Å². The average molecular weight is 386 g/mol.